The van der Waals surface area contributed by atoms with E-state index in [1.54, 1.807) is 12.1 Å². The predicted molar refractivity (Wildman–Crippen MR) is 107 cm³/mol. The highest BCUT2D eigenvalue weighted by molar-refractivity contribution is 8.00. The van der Waals surface area contributed by atoms with E-state index in [1.165, 1.54) is 18.0 Å². The maximum atomic E-state index is 12.5. The van der Waals surface area contributed by atoms with Crippen molar-refractivity contribution < 1.29 is 4.79 Å². The Balaban J connectivity index is 1.53. The van der Waals surface area contributed by atoms with Crippen molar-refractivity contribution in [2.75, 3.05) is 5.32 Å². The summed E-state index contributed by atoms with van der Waals surface area (Å²) < 4.78 is 2.06. The van der Waals surface area contributed by atoms with Gasteiger partial charge in [-0.25, -0.2) is 4.98 Å². The van der Waals surface area contributed by atoms with Crippen molar-refractivity contribution in [2.45, 2.75) is 36.1 Å². The Labute approximate surface area is 166 Å². The third-order valence-electron chi connectivity index (χ3n) is 4.25. The second-order valence-corrected chi connectivity index (χ2v) is 8.14. The Bertz CT molecular complexity index is 940. The molecule has 0 spiro atoms. The molecule has 8 heteroatoms. The highest BCUT2D eigenvalue weighted by atomic mass is 35.5. The molecule has 6 nitrogen and oxygen atoms in total. The predicted octanol–water partition coefficient (Wildman–Crippen LogP) is 4.31. The van der Waals surface area contributed by atoms with Gasteiger partial charge in [-0.05, 0) is 44.0 Å². The van der Waals surface area contributed by atoms with Crippen LogP contribution in [0.2, 0.25) is 5.02 Å². The molecular weight excluding hydrogens is 382 g/mol. The number of hydrogen-bond acceptors (Lipinski definition) is 5. The maximum Gasteiger partial charge on any atom is 0.238 e. The highest BCUT2D eigenvalue weighted by Crippen LogP contribution is 2.41. The number of benzene rings is 1. The molecule has 4 rings (SSSR count). The first-order valence-electron chi connectivity index (χ1n) is 8.71. The number of nitrogens with one attached hydrogen (secondary N) is 1. The van der Waals surface area contributed by atoms with E-state index in [0.717, 1.165) is 29.5 Å². The van der Waals surface area contributed by atoms with Gasteiger partial charge < -0.3 is 5.32 Å². The van der Waals surface area contributed by atoms with Crippen LogP contribution in [-0.4, -0.2) is 30.9 Å². The van der Waals surface area contributed by atoms with Crippen molar-refractivity contribution in [3.8, 4) is 5.69 Å². The molecule has 1 atom stereocenters. The van der Waals surface area contributed by atoms with Gasteiger partial charge in [-0.1, -0.05) is 41.6 Å². The summed E-state index contributed by atoms with van der Waals surface area (Å²) in [4.78, 5) is 16.6. The van der Waals surface area contributed by atoms with Crippen molar-refractivity contribution in [3.63, 3.8) is 0 Å². The molecule has 0 radical (unpaired) electrons. The van der Waals surface area contributed by atoms with Gasteiger partial charge in [0, 0.05) is 17.8 Å². The number of carbonyl (C=O) groups excluding carboxylic acids is 1. The Kier molecular flexibility index (Phi) is 5.13. The number of thioether (sulfide) groups is 1. The van der Waals surface area contributed by atoms with Crippen LogP contribution < -0.4 is 5.32 Å². The van der Waals surface area contributed by atoms with Crippen LogP contribution in [0.3, 0.4) is 0 Å². The van der Waals surface area contributed by atoms with Crippen LogP contribution >= 0.6 is 23.4 Å². The van der Waals surface area contributed by atoms with Crippen LogP contribution in [0.4, 0.5) is 5.82 Å². The number of pyridine rings is 1. The van der Waals surface area contributed by atoms with Gasteiger partial charge in [0.25, 0.3) is 0 Å². The van der Waals surface area contributed by atoms with Gasteiger partial charge in [-0.15, -0.1) is 10.2 Å². The van der Waals surface area contributed by atoms with Gasteiger partial charge >= 0.3 is 0 Å². The number of aromatic nitrogens is 4. The van der Waals surface area contributed by atoms with Crippen LogP contribution in [0.25, 0.3) is 5.69 Å². The molecule has 3 aromatic rings. The number of hydrogen-bond donors (Lipinski definition) is 1. The lowest BCUT2D eigenvalue weighted by Crippen LogP contribution is -2.23. The molecule has 0 saturated heterocycles. The average Bonchev–Trinajstić information content (AvgIpc) is 3.45. The minimum atomic E-state index is -0.360. The summed E-state index contributed by atoms with van der Waals surface area (Å²) in [5, 5.41) is 12.4. The molecule has 1 N–H and O–H groups in total. The minimum absolute atomic E-state index is 0.148. The first-order chi connectivity index (χ1) is 13.1. The van der Waals surface area contributed by atoms with E-state index in [9.17, 15) is 4.79 Å². The molecule has 1 unspecified atom stereocenters. The Morgan fingerprint density at radius 1 is 1.22 bits per heavy atom. The molecule has 0 aliphatic heterocycles. The summed E-state index contributed by atoms with van der Waals surface area (Å²) in [6.45, 7) is 1.84. The smallest absolute Gasteiger partial charge is 0.238 e. The first kappa shape index (κ1) is 18.0. The Morgan fingerprint density at radius 2 is 2.00 bits per heavy atom. The molecule has 1 fully saturated rings. The van der Waals surface area contributed by atoms with Crippen LogP contribution in [0.1, 0.15) is 31.5 Å². The summed E-state index contributed by atoms with van der Waals surface area (Å²) in [5.74, 6) is 1.75. The number of rotatable bonds is 6. The van der Waals surface area contributed by atoms with Crippen molar-refractivity contribution in [2.24, 2.45) is 0 Å². The van der Waals surface area contributed by atoms with Gasteiger partial charge in [0.15, 0.2) is 5.16 Å². The number of nitrogens with zero attached hydrogens (tertiary/aromatic N) is 4. The van der Waals surface area contributed by atoms with E-state index in [4.69, 9.17) is 11.6 Å². The first-order valence-corrected chi connectivity index (χ1v) is 9.97. The van der Waals surface area contributed by atoms with E-state index in [2.05, 4.69) is 25.1 Å². The number of halogens is 1. The van der Waals surface area contributed by atoms with Crippen molar-refractivity contribution in [3.05, 3.63) is 59.5 Å². The van der Waals surface area contributed by atoms with Gasteiger partial charge in [0.2, 0.25) is 5.91 Å². The second-order valence-electron chi connectivity index (χ2n) is 6.40. The standard InChI is InChI=1S/C19H18ClN5OS/c1-12(18(26)22-16-10-9-14(20)11-21-16)27-19-24-23-17(13-7-8-13)25(19)15-5-3-2-4-6-15/h2-6,9-13H,7-8H2,1H3,(H,21,22,26). The topological polar surface area (TPSA) is 72.7 Å². The molecule has 1 aliphatic rings. The van der Waals surface area contributed by atoms with E-state index in [1.807, 2.05) is 37.3 Å². The third kappa shape index (κ3) is 4.14. The van der Waals surface area contributed by atoms with E-state index in [0.29, 0.717) is 16.8 Å². The van der Waals surface area contributed by atoms with Gasteiger partial charge in [-0.2, -0.15) is 0 Å². The van der Waals surface area contributed by atoms with Gasteiger partial charge in [0.05, 0.1) is 10.3 Å². The quantitative estimate of drug-likeness (QED) is 0.625. The normalized spacial score (nSPS) is 14.7. The molecular formula is C19H18ClN5OS. The monoisotopic (exact) mass is 399 g/mol. The summed E-state index contributed by atoms with van der Waals surface area (Å²) >= 11 is 7.21. The second kappa shape index (κ2) is 7.70. The number of amides is 1. The zero-order valence-corrected chi connectivity index (χ0v) is 16.2. The maximum absolute atomic E-state index is 12.5. The van der Waals surface area contributed by atoms with Crippen LogP contribution in [0, 0.1) is 0 Å². The number of carbonyl (C=O) groups is 1. The fourth-order valence-corrected chi connectivity index (χ4v) is 3.66. The SMILES string of the molecule is CC(Sc1nnc(C2CC2)n1-c1ccccc1)C(=O)Nc1ccc(Cl)cn1. The minimum Gasteiger partial charge on any atom is -0.310 e. The fourth-order valence-electron chi connectivity index (χ4n) is 2.67. The van der Waals surface area contributed by atoms with Gasteiger partial charge in [-0.3, -0.25) is 9.36 Å². The molecule has 1 saturated carbocycles. The van der Waals surface area contributed by atoms with E-state index < -0.39 is 0 Å². The Hall–Kier alpha value is -2.38. The number of anilines is 1. The van der Waals surface area contributed by atoms with E-state index >= 15 is 0 Å². The summed E-state index contributed by atoms with van der Waals surface area (Å²) in [6.07, 6.45) is 3.77. The molecule has 1 amide bonds. The lowest BCUT2D eigenvalue weighted by Gasteiger charge is -2.13. The zero-order chi connectivity index (χ0) is 18.8. The number of para-hydroxylation sites is 1. The molecule has 2 heterocycles. The molecule has 138 valence electrons. The molecule has 1 aromatic carbocycles. The Morgan fingerprint density at radius 3 is 2.67 bits per heavy atom. The summed E-state index contributed by atoms with van der Waals surface area (Å²) in [6, 6.07) is 13.4. The zero-order valence-electron chi connectivity index (χ0n) is 14.7. The van der Waals surface area contributed by atoms with Crippen LogP contribution in [0.5, 0.6) is 0 Å². The van der Waals surface area contributed by atoms with Crippen molar-refractivity contribution in [1.82, 2.24) is 19.7 Å². The van der Waals surface area contributed by atoms with Gasteiger partial charge in [0.1, 0.15) is 11.6 Å². The molecule has 0 bridgehead atoms. The average molecular weight is 400 g/mol. The van der Waals surface area contributed by atoms with Crippen molar-refractivity contribution >= 4 is 35.1 Å². The highest BCUT2D eigenvalue weighted by Gasteiger charge is 2.31. The summed E-state index contributed by atoms with van der Waals surface area (Å²) in [5.41, 5.74) is 1.01. The third-order valence-corrected chi connectivity index (χ3v) is 5.51. The molecule has 2 aromatic heterocycles. The fraction of sp³-hybridized carbons (Fsp3) is 0.263. The lowest BCUT2D eigenvalue weighted by molar-refractivity contribution is -0.115. The summed E-state index contributed by atoms with van der Waals surface area (Å²) in [7, 11) is 0. The molecule has 27 heavy (non-hydrogen) atoms. The van der Waals surface area contributed by atoms with E-state index in [-0.39, 0.29) is 11.2 Å². The van der Waals surface area contributed by atoms with Crippen LogP contribution in [0.15, 0.2) is 53.8 Å². The van der Waals surface area contributed by atoms with Crippen molar-refractivity contribution in [1.29, 1.82) is 0 Å². The van der Waals surface area contributed by atoms with Crippen LogP contribution in [-0.2, 0) is 4.79 Å². The lowest BCUT2D eigenvalue weighted by atomic mass is 10.3. The largest absolute Gasteiger partial charge is 0.310 e. The molecule has 1 aliphatic carbocycles.